The van der Waals surface area contributed by atoms with Crippen molar-refractivity contribution in [2.24, 2.45) is 4.99 Å². The largest absolute Gasteiger partial charge is 0.351 e. The number of benzene rings is 1. The first kappa shape index (κ1) is 17.8. The molecule has 0 amide bonds. The van der Waals surface area contributed by atoms with E-state index in [1.54, 1.807) is 13.1 Å². The van der Waals surface area contributed by atoms with Crippen LogP contribution in [0.2, 0.25) is 0 Å². The van der Waals surface area contributed by atoms with Crippen molar-refractivity contribution >= 4 is 11.6 Å². The highest BCUT2D eigenvalue weighted by Crippen LogP contribution is 2.16. The molecule has 2 N–H and O–H groups in total. The Balaban J connectivity index is 1.65. The van der Waals surface area contributed by atoms with Crippen molar-refractivity contribution in [2.45, 2.75) is 26.4 Å². The van der Waals surface area contributed by atoms with Crippen LogP contribution in [0.4, 0.5) is 8.78 Å². The quantitative estimate of drug-likeness (QED) is 0.556. The van der Waals surface area contributed by atoms with E-state index < -0.39 is 11.6 Å². The molecule has 1 aromatic carbocycles. The minimum Gasteiger partial charge on any atom is -0.351 e. The molecule has 0 bridgehead atoms. The number of hydrogen-bond acceptors (Lipinski definition) is 2. The monoisotopic (exact) mass is 357 g/mol. The molecule has 2 aromatic heterocycles. The third-order valence-corrected chi connectivity index (χ3v) is 4.20. The average Bonchev–Trinajstić information content (AvgIpc) is 3.05. The Morgan fingerprint density at radius 2 is 2.04 bits per heavy atom. The summed E-state index contributed by atoms with van der Waals surface area (Å²) in [5.74, 6) is -1.17. The van der Waals surface area contributed by atoms with Gasteiger partial charge in [0.1, 0.15) is 5.65 Å². The molecule has 0 spiro atoms. The van der Waals surface area contributed by atoms with Crippen molar-refractivity contribution < 1.29 is 8.78 Å². The zero-order chi connectivity index (χ0) is 18.7. The predicted octanol–water partition coefficient (Wildman–Crippen LogP) is 3.35. The summed E-state index contributed by atoms with van der Waals surface area (Å²) in [6.45, 7) is 4.37. The minimum absolute atomic E-state index is 0.236. The van der Waals surface area contributed by atoms with Gasteiger partial charge in [-0.1, -0.05) is 12.1 Å². The Bertz CT molecular complexity index is 948. The first-order valence-corrected chi connectivity index (χ1v) is 8.33. The third-order valence-electron chi connectivity index (χ3n) is 4.20. The lowest BCUT2D eigenvalue weighted by atomic mass is 10.1. The number of aliphatic imine (C=N–C) groups is 1. The van der Waals surface area contributed by atoms with Gasteiger partial charge in [0.15, 0.2) is 17.6 Å². The summed E-state index contributed by atoms with van der Waals surface area (Å²) in [4.78, 5) is 8.74. The summed E-state index contributed by atoms with van der Waals surface area (Å²) in [7, 11) is 1.65. The highest BCUT2D eigenvalue weighted by molar-refractivity contribution is 5.80. The molecule has 3 rings (SSSR count). The van der Waals surface area contributed by atoms with Crippen LogP contribution in [0.5, 0.6) is 0 Å². The number of nitrogens with one attached hydrogen (secondary N) is 2. The summed E-state index contributed by atoms with van der Waals surface area (Å²) in [5.41, 5.74) is 3.51. The maximum atomic E-state index is 13.4. The van der Waals surface area contributed by atoms with Gasteiger partial charge in [-0.2, -0.15) is 0 Å². The minimum atomic E-state index is -0.862. The molecule has 26 heavy (non-hydrogen) atoms. The van der Waals surface area contributed by atoms with Crippen LogP contribution in [0.3, 0.4) is 0 Å². The van der Waals surface area contributed by atoms with Crippen LogP contribution in [0.25, 0.3) is 5.65 Å². The average molecular weight is 357 g/mol. The van der Waals surface area contributed by atoms with Gasteiger partial charge in [-0.3, -0.25) is 4.99 Å². The first-order chi connectivity index (χ1) is 12.5. The van der Waals surface area contributed by atoms with Gasteiger partial charge in [-0.15, -0.1) is 0 Å². The fraction of sp³-hybridized carbons (Fsp3) is 0.263. The van der Waals surface area contributed by atoms with Gasteiger partial charge in [-0.25, -0.2) is 13.8 Å². The SMILES string of the molecule is CN=C(NCc1cn2c(C)cccc2n1)NC(C)c1ccc(F)c(F)c1. The fourth-order valence-electron chi connectivity index (χ4n) is 2.72. The molecule has 136 valence electrons. The zero-order valence-corrected chi connectivity index (χ0v) is 14.9. The van der Waals surface area contributed by atoms with E-state index in [9.17, 15) is 8.78 Å². The number of hydrogen-bond donors (Lipinski definition) is 2. The lowest BCUT2D eigenvalue weighted by Crippen LogP contribution is -2.38. The molecule has 0 fully saturated rings. The maximum absolute atomic E-state index is 13.4. The maximum Gasteiger partial charge on any atom is 0.191 e. The molecular weight excluding hydrogens is 336 g/mol. The zero-order valence-electron chi connectivity index (χ0n) is 14.9. The molecule has 0 saturated carbocycles. The number of rotatable bonds is 4. The summed E-state index contributed by atoms with van der Waals surface area (Å²) < 4.78 is 28.5. The molecule has 7 heteroatoms. The van der Waals surface area contributed by atoms with Crippen LogP contribution >= 0.6 is 0 Å². The van der Waals surface area contributed by atoms with E-state index in [0.29, 0.717) is 18.1 Å². The van der Waals surface area contributed by atoms with Crippen LogP contribution < -0.4 is 10.6 Å². The van der Waals surface area contributed by atoms with Gasteiger partial charge in [-0.05, 0) is 43.7 Å². The van der Waals surface area contributed by atoms with E-state index >= 15 is 0 Å². The summed E-state index contributed by atoms with van der Waals surface area (Å²) >= 11 is 0. The molecule has 1 unspecified atom stereocenters. The number of halogens is 2. The smallest absolute Gasteiger partial charge is 0.191 e. The van der Waals surface area contributed by atoms with E-state index in [4.69, 9.17) is 0 Å². The van der Waals surface area contributed by atoms with Gasteiger partial charge >= 0.3 is 0 Å². The fourth-order valence-corrected chi connectivity index (χ4v) is 2.72. The van der Waals surface area contributed by atoms with E-state index in [1.165, 1.54) is 6.07 Å². The first-order valence-electron chi connectivity index (χ1n) is 8.33. The summed E-state index contributed by atoms with van der Waals surface area (Å²) in [6.07, 6.45) is 1.98. The number of aryl methyl sites for hydroxylation is 1. The molecule has 2 heterocycles. The Kier molecular flexibility index (Phi) is 5.16. The number of imidazole rings is 1. The van der Waals surface area contributed by atoms with Crippen molar-refractivity contribution in [3.63, 3.8) is 0 Å². The van der Waals surface area contributed by atoms with Gasteiger partial charge in [0.25, 0.3) is 0 Å². The van der Waals surface area contributed by atoms with Crippen LogP contribution in [0.1, 0.15) is 29.9 Å². The molecule has 0 radical (unpaired) electrons. The summed E-state index contributed by atoms with van der Waals surface area (Å²) in [6, 6.07) is 9.57. The number of guanidine groups is 1. The Hall–Kier alpha value is -2.96. The standard InChI is InChI=1S/C19H21F2N5/c1-12-5-4-6-18-25-15(11-26(12)18)10-23-19(22-3)24-13(2)14-7-8-16(20)17(21)9-14/h4-9,11,13H,10H2,1-3H3,(H2,22,23,24). The lowest BCUT2D eigenvalue weighted by molar-refractivity contribution is 0.504. The van der Waals surface area contributed by atoms with E-state index in [0.717, 1.165) is 23.1 Å². The number of nitrogens with zero attached hydrogens (tertiary/aromatic N) is 3. The number of fused-ring (bicyclic) bond motifs is 1. The topological polar surface area (TPSA) is 53.7 Å². The molecule has 5 nitrogen and oxygen atoms in total. The second-order valence-corrected chi connectivity index (χ2v) is 6.09. The molecule has 3 aromatic rings. The Labute approximate surface area is 150 Å². The second-order valence-electron chi connectivity index (χ2n) is 6.09. The van der Waals surface area contributed by atoms with Crippen LogP contribution in [0.15, 0.2) is 47.6 Å². The number of aromatic nitrogens is 2. The summed E-state index contributed by atoms with van der Waals surface area (Å²) in [5, 5.41) is 6.35. The lowest BCUT2D eigenvalue weighted by Gasteiger charge is -2.18. The Morgan fingerprint density at radius 3 is 2.73 bits per heavy atom. The van der Waals surface area contributed by atoms with Crippen LogP contribution in [-0.4, -0.2) is 22.4 Å². The van der Waals surface area contributed by atoms with Gasteiger partial charge < -0.3 is 15.0 Å². The molecule has 0 aliphatic heterocycles. The van der Waals surface area contributed by atoms with Crippen molar-refractivity contribution in [3.8, 4) is 0 Å². The molecule has 0 aliphatic carbocycles. The van der Waals surface area contributed by atoms with Crippen molar-refractivity contribution in [1.82, 2.24) is 20.0 Å². The van der Waals surface area contributed by atoms with E-state index in [-0.39, 0.29) is 6.04 Å². The van der Waals surface area contributed by atoms with Crippen LogP contribution in [-0.2, 0) is 6.54 Å². The van der Waals surface area contributed by atoms with E-state index in [2.05, 4.69) is 20.6 Å². The highest BCUT2D eigenvalue weighted by Gasteiger charge is 2.11. The van der Waals surface area contributed by atoms with Gasteiger partial charge in [0.2, 0.25) is 0 Å². The van der Waals surface area contributed by atoms with Gasteiger partial charge in [0, 0.05) is 18.9 Å². The second kappa shape index (κ2) is 7.51. The van der Waals surface area contributed by atoms with Crippen molar-refractivity contribution in [2.75, 3.05) is 7.05 Å². The number of pyridine rings is 1. The Morgan fingerprint density at radius 1 is 1.23 bits per heavy atom. The van der Waals surface area contributed by atoms with Gasteiger partial charge in [0.05, 0.1) is 18.3 Å². The molecule has 0 saturated heterocycles. The van der Waals surface area contributed by atoms with E-state index in [1.807, 2.05) is 42.6 Å². The van der Waals surface area contributed by atoms with Crippen molar-refractivity contribution in [1.29, 1.82) is 0 Å². The molecular formula is C19H21F2N5. The molecule has 1 atom stereocenters. The van der Waals surface area contributed by atoms with Crippen LogP contribution in [0, 0.1) is 18.6 Å². The highest BCUT2D eigenvalue weighted by atomic mass is 19.2. The predicted molar refractivity (Wildman–Crippen MR) is 98.0 cm³/mol. The normalized spacial score (nSPS) is 13.0. The molecule has 0 aliphatic rings. The van der Waals surface area contributed by atoms with Crippen molar-refractivity contribution in [3.05, 3.63) is 71.2 Å². The third kappa shape index (κ3) is 3.82.